The molecule has 0 unspecified atom stereocenters. The van der Waals surface area contributed by atoms with Crippen LogP contribution in [0.3, 0.4) is 0 Å². The summed E-state index contributed by atoms with van der Waals surface area (Å²) in [6.45, 7) is 1.55. The second-order valence-corrected chi connectivity index (χ2v) is 9.06. The van der Waals surface area contributed by atoms with Crippen molar-refractivity contribution in [2.45, 2.75) is 18.6 Å². The molecule has 2 aliphatic rings. The summed E-state index contributed by atoms with van der Waals surface area (Å²) in [6, 6.07) is 6.04. The van der Waals surface area contributed by atoms with Crippen molar-refractivity contribution in [3.05, 3.63) is 54.1 Å². The van der Waals surface area contributed by atoms with Crippen molar-refractivity contribution >= 4 is 15.7 Å². The second-order valence-electron chi connectivity index (χ2n) is 6.91. The first-order valence-electron chi connectivity index (χ1n) is 8.73. The average molecular weight is 388 g/mol. The third kappa shape index (κ3) is 3.52. The van der Waals surface area contributed by atoms with Gasteiger partial charge in [-0.05, 0) is 29.8 Å². The summed E-state index contributed by atoms with van der Waals surface area (Å²) in [6.07, 6.45) is 4.86. The number of rotatable bonds is 3. The van der Waals surface area contributed by atoms with Gasteiger partial charge in [0.2, 0.25) is 0 Å². The summed E-state index contributed by atoms with van der Waals surface area (Å²) >= 11 is 0. The zero-order valence-electron chi connectivity index (χ0n) is 14.6. The van der Waals surface area contributed by atoms with Crippen LogP contribution in [0.5, 0.6) is 5.75 Å². The van der Waals surface area contributed by atoms with Gasteiger partial charge < -0.3 is 10.0 Å². The van der Waals surface area contributed by atoms with Gasteiger partial charge in [-0.3, -0.25) is 14.7 Å². The Hall–Kier alpha value is -2.52. The lowest BCUT2D eigenvalue weighted by Gasteiger charge is -2.43. The molecule has 1 amide bonds. The van der Waals surface area contributed by atoms with Crippen molar-refractivity contribution in [3.8, 4) is 5.75 Å². The quantitative estimate of drug-likeness (QED) is 0.807. The maximum Gasteiger partial charge on any atom is 0.276 e. The summed E-state index contributed by atoms with van der Waals surface area (Å²) in [5.74, 6) is -0.659. The fraction of sp³-hybridized carbons (Fsp3) is 0.389. The molecule has 1 N–H and O–H groups in total. The lowest BCUT2D eigenvalue weighted by Crippen LogP contribution is -2.60. The van der Waals surface area contributed by atoms with Gasteiger partial charge in [0.1, 0.15) is 5.75 Å². The molecular weight excluding hydrogens is 368 g/mol. The Morgan fingerprint density at radius 2 is 1.85 bits per heavy atom. The number of aromatic hydroxyl groups is 1. The molecule has 0 aliphatic carbocycles. The summed E-state index contributed by atoms with van der Waals surface area (Å²) in [5.41, 5.74) is 1.01. The normalized spacial score (nSPS) is 24.5. The summed E-state index contributed by atoms with van der Waals surface area (Å²) < 4.78 is 24.7. The molecule has 0 radical (unpaired) electrons. The molecule has 2 aromatic heterocycles. The molecule has 2 aromatic rings. The number of piperazine rings is 1. The summed E-state index contributed by atoms with van der Waals surface area (Å²) in [4.78, 5) is 24.6. The van der Waals surface area contributed by atoms with Crippen LogP contribution in [0.25, 0.3) is 0 Å². The monoisotopic (exact) mass is 388 g/mol. The lowest BCUT2D eigenvalue weighted by atomic mass is 10.0. The van der Waals surface area contributed by atoms with Crippen LogP contribution in [0.1, 0.15) is 16.1 Å². The van der Waals surface area contributed by atoms with E-state index in [1.807, 2.05) is 12.1 Å². The summed E-state index contributed by atoms with van der Waals surface area (Å²) in [7, 11) is -3.24. The SMILES string of the molecule is O=C(c1ncccc1O)N1CCN(Cc2ccncc2)[C@@H]2CS(=O)(=O)C[C@@H]21. The van der Waals surface area contributed by atoms with E-state index >= 15 is 0 Å². The molecule has 0 spiro atoms. The molecule has 2 saturated heterocycles. The number of carbonyl (C=O) groups excluding carboxylic acids is 1. The number of fused-ring (bicyclic) bond motifs is 1. The molecule has 2 atom stereocenters. The van der Waals surface area contributed by atoms with Gasteiger partial charge in [-0.25, -0.2) is 13.4 Å². The molecule has 0 aromatic carbocycles. The van der Waals surface area contributed by atoms with Crippen LogP contribution in [0.15, 0.2) is 42.9 Å². The molecule has 2 aliphatic heterocycles. The first-order chi connectivity index (χ1) is 12.9. The van der Waals surface area contributed by atoms with E-state index in [1.54, 1.807) is 23.4 Å². The highest BCUT2D eigenvalue weighted by atomic mass is 32.2. The van der Waals surface area contributed by atoms with Gasteiger partial charge in [0.15, 0.2) is 15.5 Å². The van der Waals surface area contributed by atoms with Crippen molar-refractivity contribution in [3.63, 3.8) is 0 Å². The molecule has 0 saturated carbocycles. The Labute approximate surface area is 157 Å². The Morgan fingerprint density at radius 3 is 2.59 bits per heavy atom. The van der Waals surface area contributed by atoms with Gasteiger partial charge >= 0.3 is 0 Å². The molecular formula is C18H20N4O4S. The van der Waals surface area contributed by atoms with E-state index in [9.17, 15) is 18.3 Å². The van der Waals surface area contributed by atoms with E-state index in [-0.39, 0.29) is 29.0 Å². The fourth-order valence-corrected chi connectivity index (χ4v) is 5.91. The van der Waals surface area contributed by atoms with Crippen LogP contribution in [0, 0.1) is 0 Å². The summed E-state index contributed by atoms with van der Waals surface area (Å²) in [5, 5.41) is 9.96. The topological polar surface area (TPSA) is 104 Å². The van der Waals surface area contributed by atoms with Crippen molar-refractivity contribution in [1.29, 1.82) is 0 Å². The van der Waals surface area contributed by atoms with Crippen LogP contribution < -0.4 is 0 Å². The predicted octanol–water partition coefficient (Wildman–Crippen LogP) is 0.306. The Balaban J connectivity index is 1.60. The van der Waals surface area contributed by atoms with E-state index in [1.165, 1.54) is 12.3 Å². The van der Waals surface area contributed by atoms with Gasteiger partial charge in [-0.15, -0.1) is 0 Å². The van der Waals surface area contributed by atoms with E-state index < -0.39 is 21.8 Å². The van der Waals surface area contributed by atoms with Gasteiger partial charge in [0.05, 0.1) is 17.5 Å². The lowest BCUT2D eigenvalue weighted by molar-refractivity contribution is 0.0299. The molecule has 9 heteroatoms. The van der Waals surface area contributed by atoms with Crippen LogP contribution in [-0.2, 0) is 16.4 Å². The molecule has 8 nitrogen and oxygen atoms in total. The van der Waals surface area contributed by atoms with E-state index in [2.05, 4.69) is 14.9 Å². The highest BCUT2D eigenvalue weighted by Crippen LogP contribution is 2.30. The van der Waals surface area contributed by atoms with Gasteiger partial charge in [-0.2, -0.15) is 0 Å². The number of hydrogen-bond acceptors (Lipinski definition) is 7. The van der Waals surface area contributed by atoms with Crippen molar-refractivity contribution in [2.24, 2.45) is 0 Å². The zero-order chi connectivity index (χ0) is 19.0. The third-order valence-electron chi connectivity index (χ3n) is 5.18. The average Bonchev–Trinajstić information content (AvgIpc) is 2.98. The van der Waals surface area contributed by atoms with Crippen LogP contribution in [0.4, 0.5) is 0 Å². The molecule has 4 rings (SSSR count). The number of carbonyl (C=O) groups is 1. The van der Waals surface area contributed by atoms with Crippen molar-refractivity contribution in [2.75, 3.05) is 24.6 Å². The number of amides is 1. The van der Waals surface area contributed by atoms with Crippen molar-refractivity contribution < 1.29 is 18.3 Å². The number of hydrogen-bond donors (Lipinski definition) is 1. The fourth-order valence-electron chi connectivity index (χ4n) is 3.89. The van der Waals surface area contributed by atoms with E-state index in [0.717, 1.165) is 5.56 Å². The minimum Gasteiger partial charge on any atom is -0.505 e. The molecule has 0 bridgehead atoms. The predicted molar refractivity (Wildman–Crippen MR) is 97.8 cm³/mol. The number of nitrogens with zero attached hydrogens (tertiary/aromatic N) is 4. The minimum atomic E-state index is -3.24. The molecule has 4 heterocycles. The maximum absolute atomic E-state index is 12.9. The first kappa shape index (κ1) is 17.9. The zero-order valence-corrected chi connectivity index (χ0v) is 15.4. The Morgan fingerprint density at radius 1 is 1.11 bits per heavy atom. The number of sulfone groups is 1. The third-order valence-corrected chi connectivity index (χ3v) is 6.87. The van der Waals surface area contributed by atoms with E-state index in [4.69, 9.17) is 0 Å². The highest BCUT2D eigenvalue weighted by Gasteiger charge is 2.48. The number of pyridine rings is 2. The van der Waals surface area contributed by atoms with Crippen LogP contribution in [0.2, 0.25) is 0 Å². The van der Waals surface area contributed by atoms with Gasteiger partial charge in [0.25, 0.3) is 5.91 Å². The Bertz CT molecular complexity index is 951. The second kappa shape index (κ2) is 6.90. The largest absolute Gasteiger partial charge is 0.505 e. The first-order valence-corrected chi connectivity index (χ1v) is 10.5. The van der Waals surface area contributed by atoms with Crippen molar-refractivity contribution in [1.82, 2.24) is 19.8 Å². The van der Waals surface area contributed by atoms with Gasteiger partial charge in [0, 0.05) is 44.3 Å². The molecule has 2 fully saturated rings. The maximum atomic E-state index is 12.9. The standard InChI is InChI=1S/C18H20N4O4S/c23-16-2-1-5-20-17(16)18(24)22-9-8-21(10-13-3-6-19-7-4-13)14-11-27(25,26)12-15(14)22/h1-7,14-15,23H,8-12H2/t14-,15+/m1/s1. The highest BCUT2D eigenvalue weighted by molar-refractivity contribution is 7.91. The molecule has 142 valence electrons. The Kier molecular flexibility index (Phi) is 4.56. The molecule has 27 heavy (non-hydrogen) atoms. The smallest absolute Gasteiger partial charge is 0.276 e. The van der Waals surface area contributed by atoms with Gasteiger partial charge in [-0.1, -0.05) is 0 Å². The van der Waals surface area contributed by atoms with Crippen LogP contribution >= 0.6 is 0 Å². The minimum absolute atomic E-state index is 0.0285. The van der Waals surface area contributed by atoms with Crippen LogP contribution in [-0.4, -0.2) is 75.9 Å². The van der Waals surface area contributed by atoms with E-state index in [0.29, 0.717) is 19.6 Å². The number of aromatic nitrogens is 2.